The van der Waals surface area contributed by atoms with Crippen LogP contribution in [0.2, 0.25) is 5.02 Å². The fraction of sp³-hybridized carbons (Fsp3) is 0.500. The zero-order valence-electron chi connectivity index (χ0n) is 15.5. The maximum Gasteiger partial charge on any atom is 0.283 e. The summed E-state index contributed by atoms with van der Waals surface area (Å²) in [6, 6.07) is 4.92. The molecule has 0 spiro atoms. The van der Waals surface area contributed by atoms with Gasteiger partial charge >= 0.3 is 0 Å². The number of amides is 1. The molecule has 0 aliphatic heterocycles. The van der Waals surface area contributed by atoms with Crippen molar-refractivity contribution in [2.75, 3.05) is 7.11 Å². The molecule has 0 saturated heterocycles. The van der Waals surface area contributed by atoms with Gasteiger partial charge in [-0.1, -0.05) is 57.6 Å². The monoisotopic (exact) mass is 381 g/mol. The summed E-state index contributed by atoms with van der Waals surface area (Å²) in [6.07, 6.45) is 0. The van der Waals surface area contributed by atoms with E-state index in [2.05, 4.69) is 44.7 Å². The smallest absolute Gasteiger partial charge is 0.283 e. The molecule has 0 unspecified atom stereocenters. The Labute approximate surface area is 157 Å². The molecule has 0 aliphatic carbocycles. The van der Waals surface area contributed by atoms with Gasteiger partial charge in [0.1, 0.15) is 10.8 Å². The molecule has 1 aromatic carbocycles. The van der Waals surface area contributed by atoms with Crippen molar-refractivity contribution in [3.8, 4) is 5.75 Å². The molecule has 2 rings (SSSR count). The minimum atomic E-state index is -0.388. The number of nitrogens with zero attached hydrogens (tertiary/aromatic N) is 3. The third-order valence-electron chi connectivity index (χ3n) is 3.39. The molecular weight excluding hydrogens is 358 g/mol. The Bertz CT molecular complexity index is 832. The van der Waals surface area contributed by atoms with Crippen molar-refractivity contribution < 1.29 is 9.53 Å². The van der Waals surface area contributed by atoms with Gasteiger partial charge in [0.15, 0.2) is 0 Å². The Kier molecular flexibility index (Phi) is 6.06. The first kappa shape index (κ1) is 19.7. The predicted molar refractivity (Wildman–Crippen MR) is 102 cm³/mol. The SMILES string of the molecule is COc1ccc(Cl)cc1C(=O)N=c1sc(C(C)(C)C)nn1CC(C)C. The van der Waals surface area contributed by atoms with Crippen LogP contribution in [0, 0.1) is 5.92 Å². The van der Waals surface area contributed by atoms with Crippen molar-refractivity contribution in [2.45, 2.75) is 46.6 Å². The van der Waals surface area contributed by atoms with Crippen LogP contribution in [0.5, 0.6) is 5.75 Å². The molecule has 0 aliphatic rings. The molecule has 5 nitrogen and oxygen atoms in total. The van der Waals surface area contributed by atoms with E-state index < -0.39 is 0 Å². The molecule has 1 amide bonds. The van der Waals surface area contributed by atoms with Crippen molar-refractivity contribution in [2.24, 2.45) is 10.9 Å². The lowest BCUT2D eigenvalue weighted by Gasteiger charge is -2.13. The zero-order valence-corrected chi connectivity index (χ0v) is 17.0. The molecule has 0 atom stereocenters. The third kappa shape index (κ3) is 4.92. The number of rotatable bonds is 4. The first-order valence-corrected chi connectivity index (χ1v) is 9.32. The van der Waals surface area contributed by atoms with Gasteiger partial charge in [-0.3, -0.25) is 4.79 Å². The molecule has 0 bridgehead atoms. The van der Waals surface area contributed by atoms with E-state index >= 15 is 0 Å². The van der Waals surface area contributed by atoms with E-state index in [1.807, 2.05) is 4.68 Å². The van der Waals surface area contributed by atoms with Crippen molar-refractivity contribution >= 4 is 28.8 Å². The van der Waals surface area contributed by atoms with E-state index in [0.717, 1.165) is 5.01 Å². The molecule has 1 heterocycles. The average Bonchev–Trinajstić information content (AvgIpc) is 2.89. The summed E-state index contributed by atoms with van der Waals surface area (Å²) >= 11 is 7.46. The van der Waals surface area contributed by atoms with Crippen molar-refractivity contribution in [1.82, 2.24) is 9.78 Å². The lowest BCUT2D eigenvalue weighted by molar-refractivity contribution is 0.0994. The van der Waals surface area contributed by atoms with Crippen LogP contribution in [-0.4, -0.2) is 22.8 Å². The predicted octanol–water partition coefficient (Wildman–Crippen LogP) is 4.30. The van der Waals surface area contributed by atoms with Crippen LogP contribution in [0.25, 0.3) is 0 Å². The first-order valence-electron chi connectivity index (χ1n) is 8.13. The van der Waals surface area contributed by atoms with Crippen LogP contribution in [-0.2, 0) is 12.0 Å². The molecule has 7 heteroatoms. The van der Waals surface area contributed by atoms with Gasteiger partial charge in [-0.2, -0.15) is 10.1 Å². The van der Waals surface area contributed by atoms with Gasteiger partial charge < -0.3 is 4.74 Å². The van der Waals surface area contributed by atoms with Gasteiger partial charge in [0, 0.05) is 17.0 Å². The maximum absolute atomic E-state index is 12.7. The third-order valence-corrected chi connectivity index (χ3v) is 5.00. The Morgan fingerprint density at radius 1 is 1.40 bits per heavy atom. The number of ether oxygens (including phenoxy) is 1. The Hall–Kier alpha value is -1.66. The quantitative estimate of drug-likeness (QED) is 0.793. The summed E-state index contributed by atoms with van der Waals surface area (Å²) in [4.78, 5) is 17.6. The molecule has 2 aromatic rings. The fourth-order valence-electron chi connectivity index (χ4n) is 2.15. The Morgan fingerprint density at radius 2 is 2.08 bits per heavy atom. The van der Waals surface area contributed by atoms with Crippen LogP contribution >= 0.6 is 22.9 Å². The highest BCUT2D eigenvalue weighted by atomic mass is 35.5. The highest BCUT2D eigenvalue weighted by Crippen LogP contribution is 2.24. The lowest BCUT2D eigenvalue weighted by Crippen LogP contribution is -2.21. The molecule has 1 aromatic heterocycles. The van der Waals surface area contributed by atoms with Gasteiger partial charge in [-0.15, -0.1) is 0 Å². The summed E-state index contributed by atoms with van der Waals surface area (Å²) in [5.41, 5.74) is 0.241. The highest BCUT2D eigenvalue weighted by Gasteiger charge is 2.21. The second-order valence-corrected chi connectivity index (χ2v) is 8.67. The average molecular weight is 382 g/mol. The normalized spacial score (nSPS) is 12.7. The standard InChI is InChI=1S/C18H24ClN3O2S/c1-11(2)10-22-17(25-16(21-22)18(3,4)5)20-15(23)13-9-12(19)7-8-14(13)24-6/h7-9,11H,10H2,1-6H3. The zero-order chi connectivity index (χ0) is 18.8. The highest BCUT2D eigenvalue weighted by molar-refractivity contribution is 7.09. The second-order valence-electron chi connectivity index (χ2n) is 7.28. The van der Waals surface area contributed by atoms with Crippen molar-refractivity contribution in [3.05, 3.63) is 38.6 Å². The van der Waals surface area contributed by atoms with E-state index in [1.165, 1.54) is 18.4 Å². The second kappa shape index (κ2) is 7.70. The molecule has 25 heavy (non-hydrogen) atoms. The van der Waals surface area contributed by atoms with Crippen LogP contribution < -0.4 is 9.54 Å². The van der Waals surface area contributed by atoms with Crippen LogP contribution in [0.4, 0.5) is 0 Å². The van der Waals surface area contributed by atoms with Gasteiger partial charge in [-0.05, 0) is 24.1 Å². The number of aromatic nitrogens is 2. The number of hydrogen-bond donors (Lipinski definition) is 0. The number of methoxy groups -OCH3 is 1. The van der Waals surface area contributed by atoms with Gasteiger partial charge in [0.2, 0.25) is 4.80 Å². The number of carbonyl (C=O) groups excluding carboxylic acids is 1. The van der Waals surface area contributed by atoms with Crippen LogP contribution in [0.1, 0.15) is 50.0 Å². The summed E-state index contributed by atoms with van der Waals surface area (Å²) in [7, 11) is 1.52. The molecule has 0 N–H and O–H groups in total. The summed E-state index contributed by atoms with van der Waals surface area (Å²) < 4.78 is 7.07. The first-order chi connectivity index (χ1) is 11.6. The van der Waals surface area contributed by atoms with Gasteiger partial charge in [0.25, 0.3) is 5.91 Å². The topological polar surface area (TPSA) is 56.5 Å². The van der Waals surface area contributed by atoms with Gasteiger partial charge in [-0.25, -0.2) is 4.68 Å². The van der Waals surface area contributed by atoms with E-state index in [4.69, 9.17) is 16.3 Å². The Morgan fingerprint density at radius 3 is 2.64 bits per heavy atom. The van der Waals surface area contributed by atoms with Gasteiger partial charge in [0.05, 0.1) is 12.7 Å². The van der Waals surface area contributed by atoms with E-state index in [-0.39, 0.29) is 11.3 Å². The molecular formula is C18H24ClN3O2S. The lowest BCUT2D eigenvalue weighted by atomic mass is 9.98. The Balaban J connectivity index is 2.54. The van der Waals surface area contributed by atoms with Crippen LogP contribution in [0.3, 0.4) is 0 Å². The van der Waals surface area contributed by atoms with E-state index in [9.17, 15) is 4.79 Å². The van der Waals surface area contributed by atoms with E-state index in [0.29, 0.717) is 33.6 Å². The summed E-state index contributed by atoms with van der Waals surface area (Å²) in [5, 5.41) is 6.07. The largest absolute Gasteiger partial charge is 0.496 e. The van der Waals surface area contributed by atoms with Crippen molar-refractivity contribution in [3.63, 3.8) is 0 Å². The fourth-order valence-corrected chi connectivity index (χ4v) is 3.29. The number of halogens is 1. The van der Waals surface area contributed by atoms with Crippen LogP contribution in [0.15, 0.2) is 23.2 Å². The molecule has 0 radical (unpaired) electrons. The summed E-state index contributed by atoms with van der Waals surface area (Å²) in [5.74, 6) is 0.458. The molecule has 136 valence electrons. The number of hydrogen-bond acceptors (Lipinski definition) is 4. The number of benzene rings is 1. The maximum atomic E-state index is 12.7. The minimum absolute atomic E-state index is 0.103. The molecule has 0 saturated carbocycles. The van der Waals surface area contributed by atoms with E-state index in [1.54, 1.807) is 18.2 Å². The number of carbonyl (C=O) groups is 1. The summed E-state index contributed by atoms with van der Waals surface area (Å²) in [6.45, 7) is 11.2. The van der Waals surface area contributed by atoms with Crippen molar-refractivity contribution in [1.29, 1.82) is 0 Å². The minimum Gasteiger partial charge on any atom is -0.496 e. The molecule has 0 fully saturated rings.